The average Bonchev–Trinajstić information content (AvgIpc) is 2.69. The Hall–Kier alpha value is -3.02. The minimum absolute atomic E-state index is 0.236. The van der Waals surface area contributed by atoms with Crippen molar-refractivity contribution in [1.29, 1.82) is 0 Å². The molecule has 6 nitrogen and oxygen atoms in total. The second kappa shape index (κ2) is 9.07. The van der Waals surface area contributed by atoms with Crippen LogP contribution in [0.1, 0.15) is 24.0 Å². The van der Waals surface area contributed by atoms with Gasteiger partial charge in [-0.25, -0.2) is 9.59 Å². The van der Waals surface area contributed by atoms with Gasteiger partial charge in [-0.2, -0.15) is 0 Å². The van der Waals surface area contributed by atoms with Gasteiger partial charge in [-0.3, -0.25) is 5.32 Å². The Bertz CT molecular complexity index is 754. The van der Waals surface area contributed by atoms with Gasteiger partial charge in [0.2, 0.25) is 0 Å². The normalized spacial score (nSPS) is 14.6. The van der Waals surface area contributed by atoms with Crippen LogP contribution in [0, 0.1) is 5.92 Å². The highest BCUT2D eigenvalue weighted by atomic mass is 16.5. The molecule has 3 rings (SSSR count). The molecule has 2 aromatic rings. The molecular formula is C21H24N2O4. The molecule has 1 heterocycles. The molecule has 2 N–H and O–H groups in total. The zero-order chi connectivity index (χ0) is 19.1. The molecule has 6 heteroatoms. The number of carbonyl (C=O) groups is 2. The molecule has 0 aliphatic carbocycles. The van der Waals surface area contributed by atoms with Gasteiger partial charge in [0.05, 0.1) is 0 Å². The van der Waals surface area contributed by atoms with Gasteiger partial charge in [-0.1, -0.05) is 42.5 Å². The molecule has 0 atom stereocenters. The van der Waals surface area contributed by atoms with E-state index in [-0.39, 0.29) is 6.61 Å². The summed E-state index contributed by atoms with van der Waals surface area (Å²) in [6.45, 7) is 1.44. The molecule has 142 valence electrons. The number of nitrogens with one attached hydrogen (secondary N) is 1. The van der Waals surface area contributed by atoms with Gasteiger partial charge in [-0.05, 0) is 48.4 Å². The Balaban J connectivity index is 1.43. The summed E-state index contributed by atoms with van der Waals surface area (Å²) in [5.41, 5.74) is 2.82. The van der Waals surface area contributed by atoms with Crippen molar-refractivity contribution in [1.82, 2.24) is 4.90 Å². The second-order valence-electron chi connectivity index (χ2n) is 6.80. The quantitative estimate of drug-likeness (QED) is 0.821. The number of amides is 2. The number of hydrogen-bond acceptors (Lipinski definition) is 3. The highest BCUT2D eigenvalue weighted by Gasteiger charge is 2.22. The number of anilines is 1. The van der Waals surface area contributed by atoms with E-state index in [2.05, 4.69) is 5.32 Å². The predicted molar refractivity (Wildman–Crippen MR) is 103 cm³/mol. The number of hydrogen-bond donors (Lipinski definition) is 2. The van der Waals surface area contributed by atoms with Crippen LogP contribution in [0.5, 0.6) is 0 Å². The molecule has 2 amide bonds. The summed E-state index contributed by atoms with van der Waals surface area (Å²) in [6.07, 6.45) is 1.39. The van der Waals surface area contributed by atoms with Crippen molar-refractivity contribution in [3.63, 3.8) is 0 Å². The first-order valence-electron chi connectivity index (χ1n) is 9.14. The number of carboxylic acid groups (broad SMARTS) is 1. The SMILES string of the molecule is O=C(Nc1ccc(CC2CCN(C(=O)O)CC2)cc1)OCc1ccccc1. The van der Waals surface area contributed by atoms with E-state index in [1.165, 1.54) is 10.5 Å². The van der Waals surface area contributed by atoms with Crippen molar-refractivity contribution in [2.24, 2.45) is 5.92 Å². The molecule has 0 saturated carbocycles. The summed E-state index contributed by atoms with van der Waals surface area (Å²) in [4.78, 5) is 24.3. The maximum absolute atomic E-state index is 11.9. The topological polar surface area (TPSA) is 78.9 Å². The lowest BCUT2D eigenvalue weighted by molar-refractivity contribution is 0.124. The van der Waals surface area contributed by atoms with Crippen molar-refractivity contribution in [3.05, 3.63) is 65.7 Å². The van der Waals surface area contributed by atoms with Crippen LogP contribution in [-0.2, 0) is 17.8 Å². The van der Waals surface area contributed by atoms with Crippen molar-refractivity contribution in [3.8, 4) is 0 Å². The Morgan fingerprint density at radius 3 is 2.30 bits per heavy atom. The molecule has 0 spiro atoms. The number of ether oxygens (including phenoxy) is 1. The number of carbonyl (C=O) groups excluding carboxylic acids is 1. The van der Waals surface area contributed by atoms with E-state index < -0.39 is 12.2 Å². The van der Waals surface area contributed by atoms with Crippen LogP contribution in [0.4, 0.5) is 15.3 Å². The number of piperidine rings is 1. The lowest BCUT2D eigenvalue weighted by Crippen LogP contribution is -2.37. The molecule has 1 saturated heterocycles. The summed E-state index contributed by atoms with van der Waals surface area (Å²) >= 11 is 0. The van der Waals surface area contributed by atoms with E-state index in [1.807, 2.05) is 54.6 Å². The highest BCUT2D eigenvalue weighted by molar-refractivity contribution is 5.84. The number of benzene rings is 2. The first-order chi connectivity index (χ1) is 13.1. The number of rotatable bonds is 5. The lowest BCUT2D eigenvalue weighted by Gasteiger charge is -2.30. The largest absolute Gasteiger partial charge is 0.465 e. The molecule has 0 unspecified atom stereocenters. The fourth-order valence-electron chi connectivity index (χ4n) is 3.26. The first-order valence-corrected chi connectivity index (χ1v) is 9.14. The molecule has 1 aliphatic rings. The number of nitrogens with zero attached hydrogens (tertiary/aromatic N) is 1. The molecule has 1 aliphatic heterocycles. The lowest BCUT2D eigenvalue weighted by atomic mass is 9.90. The molecule has 1 fully saturated rings. The van der Waals surface area contributed by atoms with Gasteiger partial charge >= 0.3 is 12.2 Å². The van der Waals surface area contributed by atoms with E-state index >= 15 is 0 Å². The van der Waals surface area contributed by atoms with E-state index in [1.54, 1.807) is 0 Å². The predicted octanol–water partition coefficient (Wildman–Crippen LogP) is 4.37. The van der Waals surface area contributed by atoms with Crippen molar-refractivity contribution >= 4 is 17.9 Å². The molecule has 0 aromatic heterocycles. The van der Waals surface area contributed by atoms with Gasteiger partial charge in [0.15, 0.2) is 0 Å². The smallest absolute Gasteiger partial charge is 0.411 e. The molecule has 27 heavy (non-hydrogen) atoms. The Morgan fingerprint density at radius 2 is 1.67 bits per heavy atom. The maximum atomic E-state index is 11.9. The van der Waals surface area contributed by atoms with Crippen LogP contribution in [0.3, 0.4) is 0 Å². The van der Waals surface area contributed by atoms with E-state index in [0.717, 1.165) is 24.8 Å². The Kier molecular flexibility index (Phi) is 6.30. The van der Waals surface area contributed by atoms with Crippen LogP contribution in [0.25, 0.3) is 0 Å². The third kappa shape index (κ3) is 5.74. The maximum Gasteiger partial charge on any atom is 0.411 e. The van der Waals surface area contributed by atoms with Crippen molar-refractivity contribution in [2.75, 3.05) is 18.4 Å². The Labute approximate surface area is 158 Å². The summed E-state index contributed by atoms with van der Waals surface area (Å²) in [7, 11) is 0. The van der Waals surface area contributed by atoms with Crippen molar-refractivity contribution < 1.29 is 19.4 Å². The summed E-state index contributed by atoms with van der Waals surface area (Å²) < 4.78 is 5.21. The average molecular weight is 368 g/mol. The van der Waals surface area contributed by atoms with E-state index in [9.17, 15) is 9.59 Å². The zero-order valence-electron chi connectivity index (χ0n) is 15.1. The first kappa shape index (κ1) is 18.8. The Morgan fingerprint density at radius 1 is 1.00 bits per heavy atom. The van der Waals surface area contributed by atoms with E-state index in [0.29, 0.717) is 24.7 Å². The second-order valence-corrected chi connectivity index (χ2v) is 6.80. The third-order valence-corrected chi connectivity index (χ3v) is 4.82. The van der Waals surface area contributed by atoms with Gasteiger partial charge in [0.25, 0.3) is 0 Å². The van der Waals surface area contributed by atoms with Crippen LogP contribution < -0.4 is 5.32 Å². The van der Waals surface area contributed by atoms with Gasteiger partial charge in [0, 0.05) is 18.8 Å². The molecule has 2 aromatic carbocycles. The third-order valence-electron chi connectivity index (χ3n) is 4.82. The van der Waals surface area contributed by atoms with E-state index in [4.69, 9.17) is 9.84 Å². The van der Waals surface area contributed by atoms with Gasteiger partial charge < -0.3 is 14.7 Å². The fourth-order valence-corrected chi connectivity index (χ4v) is 3.26. The summed E-state index contributed by atoms with van der Waals surface area (Å²) in [5, 5.41) is 11.7. The standard InChI is InChI=1S/C21H24N2O4/c24-20(27-15-18-4-2-1-3-5-18)22-19-8-6-16(7-9-19)14-17-10-12-23(13-11-17)21(25)26/h1-9,17H,10-15H2,(H,22,24)(H,25,26). The highest BCUT2D eigenvalue weighted by Crippen LogP contribution is 2.22. The fraction of sp³-hybridized carbons (Fsp3) is 0.333. The summed E-state index contributed by atoms with van der Waals surface area (Å²) in [5.74, 6) is 0.496. The molecule has 0 radical (unpaired) electrons. The summed E-state index contributed by atoms with van der Waals surface area (Å²) in [6, 6.07) is 17.3. The van der Waals surface area contributed by atoms with Crippen LogP contribution in [0.2, 0.25) is 0 Å². The molecule has 0 bridgehead atoms. The van der Waals surface area contributed by atoms with Crippen LogP contribution in [-0.4, -0.2) is 35.3 Å². The molecular weight excluding hydrogens is 344 g/mol. The van der Waals surface area contributed by atoms with Crippen molar-refractivity contribution in [2.45, 2.75) is 25.9 Å². The van der Waals surface area contributed by atoms with Gasteiger partial charge in [0.1, 0.15) is 6.61 Å². The zero-order valence-corrected chi connectivity index (χ0v) is 15.1. The van der Waals surface area contributed by atoms with Crippen LogP contribution in [0.15, 0.2) is 54.6 Å². The minimum atomic E-state index is -0.831. The van der Waals surface area contributed by atoms with Gasteiger partial charge in [-0.15, -0.1) is 0 Å². The monoisotopic (exact) mass is 368 g/mol. The minimum Gasteiger partial charge on any atom is -0.465 e. The number of likely N-dealkylation sites (tertiary alicyclic amines) is 1. The van der Waals surface area contributed by atoms with Crippen LogP contribution >= 0.6 is 0 Å².